The highest BCUT2D eigenvalue weighted by atomic mass is 16.2. The molecule has 0 aromatic carbocycles. The standard InChI is InChI=1S/C13H21NO2/c1-4-9-6-10(5-2)13(7-9)8-11(15)14(3)12(13)16/h9-10H,4-8H2,1-3H3. The molecule has 1 heterocycles. The summed E-state index contributed by atoms with van der Waals surface area (Å²) in [5.41, 5.74) is -0.332. The molecule has 3 atom stereocenters. The van der Waals surface area contributed by atoms with Crippen molar-refractivity contribution in [3.05, 3.63) is 0 Å². The summed E-state index contributed by atoms with van der Waals surface area (Å²) in [7, 11) is 1.63. The fourth-order valence-corrected chi connectivity index (χ4v) is 3.65. The lowest BCUT2D eigenvalue weighted by molar-refractivity contribution is -0.140. The van der Waals surface area contributed by atoms with Gasteiger partial charge in [0.15, 0.2) is 0 Å². The molecule has 2 fully saturated rings. The smallest absolute Gasteiger partial charge is 0.235 e. The molecule has 1 saturated heterocycles. The molecule has 0 bridgehead atoms. The second kappa shape index (κ2) is 3.86. The summed E-state index contributed by atoms with van der Waals surface area (Å²) < 4.78 is 0. The molecule has 16 heavy (non-hydrogen) atoms. The van der Waals surface area contributed by atoms with Crippen molar-refractivity contribution in [3.63, 3.8) is 0 Å². The molecule has 3 unspecified atom stereocenters. The lowest BCUT2D eigenvalue weighted by atomic mass is 9.75. The van der Waals surface area contributed by atoms with Crippen LogP contribution in [0.15, 0.2) is 0 Å². The van der Waals surface area contributed by atoms with Crippen molar-refractivity contribution in [1.29, 1.82) is 0 Å². The maximum atomic E-state index is 12.3. The summed E-state index contributed by atoms with van der Waals surface area (Å²) in [4.78, 5) is 25.3. The van der Waals surface area contributed by atoms with E-state index in [1.807, 2.05) is 0 Å². The largest absolute Gasteiger partial charge is 0.285 e. The maximum absolute atomic E-state index is 12.3. The number of nitrogens with zero attached hydrogens (tertiary/aromatic N) is 1. The van der Waals surface area contributed by atoms with Crippen LogP contribution in [0.25, 0.3) is 0 Å². The van der Waals surface area contributed by atoms with Crippen molar-refractivity contribution in [3.8, 4) is 0 Å². The average Bonchev–Trinajstić information content (AvgIpc) is 2.74. The molecule has 1 aliphatic heterocycles. The lowest BCUT2D eigenvalue weighted by Crippen LogP contribution is -2.35. The molecule has 0 N–H and O–H groups in total. The fourth-order valence-electron chi connectivity index (χ4n) is 3.65. The highest BCUT2D eigenvalue weighted by molar-refractivity contribution is 6.05. The Kier molecular flexibility index (Phi) is 2.81. The van der Waals surface area contributed by atoms with Gasteiger partial charge in [-0.15, -0.1) is 0 Å². The Morgan fingerprint density at radius 2 is 2.00 bits per heavy atom. The Bertz CT molecular complexity index is 326. The van der Waals surface area contributed by atoms with E-state index in [4.69, 9.17) is 0 Å². The minimum absolute atomic E-state index is 0.0141. The molecular formula is C13H21NO2. The number of hydrogen-bond donors (Lipinski definition) is 0. The first-order valence-corrected chi connectivity index (χ1v) is 6.36. The van der Waals surface area contributed by atoms with Crippen molar-refractivity contribution in [2.24, 2.45) is 17.3 Å². The van der Waals surface area contributed by atoms with Crippen molar-refractivity contribution < 1.29 is 9.59 Å². The maximum Gasteiger partial charge on any atom is 0.235 e. The Labute approximate surface area is 97.2 Å². The first-order valence-electron chi connectivity index (χ1n) is 6.36. The van der Waals surface area contributed by atoms with Gasteiger partial charge in [-0.05, 0) is 24.7 Å². The zero-order chi connectivity index (χ0) is 11.9. The lowest BCUT2D eigenvalue weighted by Gasteiger charge is -2.27. The minimum Gasteiger partial charge on any atom is -0.285 e. The van der Waals surface area contributed by atoms with Gasteiger partial charge in [0.25, 0.3) is 0 Å². The highest BCUT2D eigenvalue weighted by Gasteiger charge is 2.58. The predicted octanol–water partition coefficient (Wildman–Crippen LogP) is 2.21. The quantitative estimate of drug-likeness (QED) is 0.673. The van der Waals surface area contributed by atoms with Crippen LogP contribution in [-0.4, -0.2) is 23.8 Å². The van der Waals surface area contributed by atoms with Gasteiger partial charge in [-0.2, -0.15) is 0 Å². The van der Waals surface area contributed by atoms with Crippen molar-refractivity contribution in [2.45, 2.75) is 46.0 Å². The van der Waals surface area contributed by atoms with Gasteiger partial charge in [-0.25, -0.2) is 0 Å². The van der Waals surface area contributed by atoms with Crippen LogP contribution in [0.4, 0.5) is 0 Å². The van der Waals surface area contributed by atoms with E-state index >= 15 is 0 Å². The van der Waals surface area contributed by atoms with Crippen LogP contribution in [0.5, 0.6) is 0 Å². The van der Waals surface area contributed by atoms with Crippen LogP contribution in [0.2, 0.25) is 0 Å². The van der Waals surface area contributed by atoms with Crippen LogP contribution < -0.4 is 0 Å². The van der Waals surface area contributed by atoms with Crippen molar-refractivity contribution in [1.82, 2.24) is 4.90 Å². The topological polar surface area (TPSA) is 37.4 Å². The minimum atomic E-state index is -0.332. The van der Waals surface area contributed by atoms with Gasteiger partial charge >= 0.3 is 0 Å². The summed E-state index contributed by atoms with van der Waals surface area (Å²) in [6.45, 7) is 4.32. The van der Waals surface area contributed by atoms with Crippen molar-refractivity contribution >= 4 is 11.8 Å². The van der Waals surface area contributed by atoms with Gasteiger partial charge in [0.2, 0.25) is 11.8 Å². The van der Waals surface area contributed by atoms with Gasteiger partial charge in [-0.3, -0.25) is 14.5 Å². The average molecular weight is 223 g/mol. The summed E-state index contributed by atoms with van der Waals surface area (Å²) in [5, 5.41) is 0. The number of likely N-dealkylation sites (tertiary alicyclic amines) is 1. The Morgan fingerprint density at radius 3 is 2.44 bits per heavy atom. The monoisotopic (exact) mass is 223 g/mol. The Hall–Kier alpha value is -0.860. The molecule has 1 saturated carbocycles. The SMILES string of the molecule is CCC1CC(CC)C2(CC(=O)N(C)C2=O)C1. The first-order chi connectivity index (χ1) is 7.55. The van der Waals surface area contributed by atoms with Gasteiger partial charge < -0.3 is 0 Å². The molecule has 0 aromatic heterocycles. The van der Waals surface area contributed by atoms with Gasteiger partial charge in [-0.1, -0.05) is 26.7 Å². The number of carbonyl (C=O) groups is 2. The molecule has 2 aliphatic rings. The normalized spacial score (nSPS) is 39.1. The molecule has 0 radical (unpaired) electrons. The zero-order valence-electron chi connectivity index (χ0n) is 10.5. The molecule has 1 aliphatic carbocycles. The Morgan fingerprint density at radius 1 is 1.31 bits per heavy atom. The molecule has 2 rings (SSSR count). The molecule has 0 aromatic rings. The first kappa shape index (κ1) is 11.6. The van der Waals surface area contributed by atoms with E-state index in [0.29, 0.717) is 18.3 Å². The van der Waals surface area contributed by atoms with Crippen LogP contribution in [0, 0.1) is 17.3 Å². The molecule has 2 amide bonds. The number of imide groups is 1. The van der Waals surface area contributed by atoms with E-state index in [0.717, 1.165) is 25.7 Å². The van der Waals surface area contributed by atoms with Crippen LogP contribution in [-0.2, 0) is 9.59 Å². The number of carbonyl (C=O) groups excluding carboxylic acids is 2. The highest BCUT2D eigenvalue weighted by Crippen LogP contribution is 2.54. The molecule has 90 valence electrons. The second-order valence-corrected chi connectivity index (χ2v) is 5.41. The van der Waals surface area contributed by atoms with Crippen LogP contribution >= 0.6 is 0 Å². The number of hydrogen-bond acceptors (Lipinski definition) is 2. The summed E-state index contributed by atoms with van der Waals surface area (Å²) in [6, 6.07) is 0. The number of amides is 2. The molecule has 3 nitrogen and oxygen atoms in total. The van der Waals surface area contributed by atoms with Crippen LogP contribution in [0.1, 0.15) is 46.0 Å². The van der Waals surface area contributed by atoms with E-state index in [-0.39, 0.29) is 17.2 Å². The fraction of sp³-hybridized carbons (Fsp3) is 0.846. The number of rotatable bonds is 2. The molecule has 1 spiro atoms. The summed E-state index contributed by atoms with van der Waals surface area (Å²) in [6.07, 6.45) is 4.65. The van der Waals surface area contributed by atoms with E-state index < -0.39 is 0 Å². The Balaban J connectivity index is 2.30. The predicted molar refractivity (Wildman–Crippen MR) is 61.6 cm³/mol. The molecule has 3 heteroatoms. The summed E-state index contributed by atoms with van der Waals surface area (Å²) >= 11 is 0. The second-order valence-electron chi connectivity index (χ2n) is 5.41. The summed E-state index contributed by atoms with van der Waals surface area (Å²) in [5.74, 6) is 1.15. The van der Waals surface area contributed by atoms with Gasteiger partial charge in [0.05, 0.1) is 5.41 Å². The third kappa shape index (κ3) is 1.40. The van der Waals surface area contributed by atoms with E-state index in [1.54, 1.807) is 7.05 Å². The molecular weight excluding hydrogens is 202 g/mol. The van der Waals surface area contributed by atoms with Crippen molar-refractivity contribution in [2.75, 3.05) is 7.05 Å². The van der Waals surface area contributed by atoms with E-state index in [9.17, 15) is 9.59 Å². The van der Waals surface area contributed by atoms with E-state index in [2.05, 4.69) is 13.8 Å². The van der Waals surface area contributed by atoms with Gasteiger partial charge in [0, 0.05) is 13.5 Å². The third-order valence-electron chi connectivity index (χ3n) is 4.69. The third-order valence-corrected chi connectivity index (χ3v) is 4.69. The van der Waals surface area contributed by atoms with Crippen LogP contribution in [0.3, 0.4) is 0 Å². The van der Waals surface area contributed by atoms with Gasteiger partial charge in [0.1, 0.15) is 0 Å². The van der Waals surface area contributed by atoms with E-state index in [1.165, 1.54) is 4.90 Å². The zero-order valence-corrected chi connectivity index (χ0v) is 10.5.